The average Bonchev–Trinajstić information content (AvgIpc) is 1.98. The van der Waals surface area contributed by atoms with Gasteiger partial charge in [-0.2, -0.15) is 0 Å². The lowest BCUT2D eigenvalue weighted by Gasteiger charge is -2.12. The molecule has 0 aliphatic rings. The quantitative estimate of drug-likeness (QED) is 0.516. The molecule has 0 atom stereocenters. The Hall–Kier alpha value is -0.0400. The van der Waals surface area contributed by atoms with Crippen molar-refractivity contribution in [1.82, 2.24) is 4.90 Å². The van der Waals surface area contributed by atoms with E-state index in [9.17, 15) is 0 Å². The van der Waals surface area contributed by atoms with Gasteiger partial charge in [0.25, 0.3) is 0 Å². The molecule has 0 aromatic carbocycles. The van der Waals surface area contributed by atoms with Crippen molar-refractivity contribution in [3.8, 4) is 0 Å². The van der Waals surface area contributed by atoms with Gasteiger partial charge in [-0.1, -0.05) is 33.1 Å². The maximum absolute atomic E-state index is 2.37. The summed E-state index contributed by atoms with van der Waals surface area (Å²) in [5.74, 6) is 0. The van der Waals surface area contributed by atoms with Crippen LogP contribution < -0.4 is 0 Å². The Labute approximate surface area is 65.4 Å². The lowest BCUT2D eigenvalue weighted by atomic mass is 10.2. The Morgan fingerprint density at radius 2 is 1.70 bits per heavy atom. The molecule has 0 saturated carbocycles. The van der Waals surface area contributed by atoms with E-state index in [1.807, 2.05) is 0 Å². The van der Waals surface area contributed by atoms with Gasteiger partial charge in [0.15, 0.2) is 0 Å². The zero-order chi connectivity index (χ0) is 7.82. The van der Waals surface area contributed by atoms with Crippen molar-refractivity contribution in [2.45, 2.75) is 39.5 Å². The van der Waals surface area contributed by atoms with Crippen molar-refractivity contribution in [3.63, 3.8) is 0 Å². The van der Waals surface area contributed by atoms with Crippen molar-refractivity contribution < 1.29 is 0 Å². The van der Waals surface area contributed by atoms with E-state index < -0.39 is 0 Å². The molecule has 0 bridgehead atoms. The van der Waals surface area contributed by atoms with Crippen molar-refractivity contribution in [2.75, 3.05) is 20.1 Å². The molecule has 0 heterocycles. The van der Waals surface area contributed by atoms with Crippen LogP contribution in [-0.2, 0) is 0 Å². The van der Waals surface area contributed by atoms with Crippen LogP contribution in [0.4, 0.5) is 0 Å². The molecule has 0 aliphatic carbocycles. The summed E-state index contributed by atoms with van der Waals surface area (Å²) in [5.41, 5.74) is 0. The van der Waals surface area contributed by atoms with E-state index in [1.54, 1.807) is 0 Å². The molecule has 0 radical (unpaired) electrons. The van der Waals surface area contributed by atoms with Gasteiger partial charge >= 0.3 is 0 Å². The van der Waals surface area contributed by atoms with E-state index in [-0.39, 0.29) is 0 Å². The van der Waals surface area contributed by atoms with E-state index in [2.05, 4.69) is 25.8 Å². The van der Waals surface area contributed by atoms with Crippen molar-refractivity contribution in [3.05, 3.63) is 0 Å². The molecule has 0 saturated heterocycles. The topological polar surface area (TPSA) is 3.24 Å². The highest BCUT2D eigenvalue weighted by atomic mass is 15.1. The minimum Gasteiger partial charge on any atom is -0.307 e. The third-order valence-corrected chi connectivity index (χ3v) is 1.93. The first-order valence-electron chi connectivity index (χ1n) is 4.49. The van der Waals surface area contributed by atoms with Crippen LogP contribution in [0.1, 0.15) is 39.5 Å². The SMILES string of the molecule is CCCCCCN(C)CC. The van der Waals surface area contributed by atoms with Crippen LogP contribution in [0.5, 0.6) is 0 Å². The van der Waals surface area contributed by atoms with Crippen LogP contribution in [0.2, 0.25) is 0 Å². The summed E-state index contributed by atoms with van der Waals surface area (Å²) >= 11 is 0. The first-order valence-corrected chi connectivity index (χ1v) is 4.49. The second-order valence-corrected chi connectivity index (χ2v) is 2.96. The van der Waals surface area contributed by atoms with Crippen LogP contribution in [-0.4, -0.2) is 25.0 Å². The molecule has 0 aliphatic heterocycles. The fraction of sp³-hybridized carbons (Fsp3) is 1.00. The van der Waals surface area contributed by atoms with Gasteiger partial charge in [0.1, 0.15) is 0 Å². The second kappa shape index (κ2) is 7.07. The molecule has 0 rings (SSSR count). The molecule has 0 aromatic heterocycles. The second-order valence-electron chi connectivity index (χ2n) is 2.96. The van der Waals surface area contributed by atoms with Crippen LogP contribution in [0.3, 0.4) is 0 Å². The third-order valence-electron chi connectivity index (χ3n) is 1.93. The molecule has 0 amide bonds. The van der Waals surface area contributed by atoms with E-state index >= 15 is 0 Å². The number of unbranched alkanes of at least 4 members (excludes halogenated alkanes) is 3. The first-order chi connectivity index (χ1) is 4.81. The Kier molecular flexibility index (Phi) is 7.04. The summed E-state index contributed by atoms with van der Waals surface area (Å²) in [7, 11) is 2.19. The summed E-state index contributed by atoms with van der Waals surface area (Å²) in [5, 5.41) is 0. The van der Waals surface area contributed by atoms with Crippen LogP contribution in [0, 0.1) is 0 Å². The maximum Gasteiger partial charge on any atom is -0.00219 e. The van der Waals surface area contributed by atoms with Gasteiger partial charge in [-0.3, -0.25) is 0 Å². The minimum absolute atomic E-state index is 1.19. The summed E-state index contributed by atoms with van der Waals surface area (Å²) in [6, 6.07) is 0. The Morgan fingerprint density at radius 1 is 1.00 bits per heavy atom. The van der Waals surface area contributed by atoms with E-state index in [1.165, 1.54) is 38.8 Å². The van der Waals surface area contributed by atoms with Gasteiger partial charge in [0, 0.05) is 0 Å². The lowest BCUT2D eigenvalue weighted by molar-refractivity contribution is 0.341. The molecule has 1 nitrogen and oxygen atoms in total. The van der Waals surface area contributed by atoms with Crippen molar-refractivity contribution in [2.24, 2.45) is 0 Å². The highest BCUT2D eigenvalue weighted by molar-refractivity contribution is 4.47. The molecular formula is C9H21N. The standard InChI is InChI=1S/C9H21N/c1-4-6-7-8-9-10(3)5-2/h4-9H2,1-3H3. The zero-order valence-electron chi connectivity index (χ0n) is 7.69. The molecule has 0 unspecified atom stereocenters. The largest absolute Gasteiger partial charge is 0.307 e. The fourth-order valence-corrected chi connectivity index (χ4v) is 0.967. The fourth-order valence-electron chi connectivity index (χ4n) is 0.967. The highest BCUT2D eigenvalue weighted by Gasteiger charge is 1.92. The zero-order valence-corrected chi connectivity index (χ0v) is 7.69. The molecule has 0 N–H and O–H groups in total. The summed E-state index contributed by atoms with van der Waals surface area (Å²) in [6.45, 7) is 6.92. The molecular weight excluding hydrogens is 122 g/mol. The Balaban J connectivity index is 2.89. The van der Waals surface area contributed by atoms with Gasteiger partial charge < -0.3 is 4.90 Å². The van der Waals surface area contributed by atoms with E-state index in [0.29, 0.717) is 0 Å². The molecule has 0 spiro atoms. The molecule has 0 aromatic rings. The molecule has 10 heavy (non-hydrogen) atoms. The molecule has 1 heteroatoms. The van der Waals surface area contributed by atoms with Gasteiger partial charge in [0.05, 0.1) is 0 Å². The highest BCUT2D eigenvalue weighted by Crippen LogP contribution is 1.99. The van der Waals surface area contributed by atoms with Gasteiger partial charge in [-0.15, -0.1) is 0 Å². The lowest BCUT2D eigenvalue weighted by Crippen LogP contribution is -2.18. The number of nitrogens with zero attached hydrogens (tertiary/aromatic N) is 1. The third kappa shape index (κ3) is 6.09. The summed E-state index contributed by atoms with van der Waals surface area (Å²) in [6.07, 6.45) is 5.52. The van der Waals surface area contributed by atoms with Gasteiger partial charge in [-0.25, -0.2) is 0 Å². The van der Waals surface area contributed by atoms with Crippen LogP contribution >= 0.6 is 0 Å². The molecule has 0 fully saturated rings. The predicted octanol–water partition coefficient (Wildman–Crippen LogP) is 2.52. The minimum atomic E-state index is 1.19. The van der Waals surface area contributed by atoms with Crippen LogP contribution in [0.25, 0.3) is 0 Å². The summed E-state index contributed by atoms with van der Waals surface area (Å²) in [4.78, 5) is 2.37. The van der Waals surface area contributed by atoms with E-state index in [4.69, 9.17) is 0 Å². The maximum atomic E-state index is 2.37. The number of rotatable bonds is 6. The Bertz CT molecular complexity index is 61.7. The van der Waals surface area contributed by atoms with Crippen molar-refractivity contribution in [1.29, 1.82) is 0 Å². The first kappa shape index (κ1) is 9.96. The van der Waals surface area contributed by atoms with Crippen LogP contribution in [0.15, 0.2) is 0 Å². The monoisotopic (exact) mass is 143 g/mol. The Morgan fingerprint density at radius 3 is 2.20 bits per heavy atom. The number of hydrogen-bond acceptors (Lipinski definition) is 1. The molecule has 62 valence electrons. The van der Waals surface area contributed by atoms with E-state index in [0.717, 1.165) is 0 Å². The van der Waals surface area contributed by atoms with Gasteiger partial charge in [-0.05, 0) is 26.6 Å². The summed E-state index contributed by atoms with van der Waals surface area (Å²) < 4.78 is 0. The van der Waals surface area contributed by atoms with Crippen molar-refractivity contribution >= 4 is 0 Å². The van der Waals surface area contributed by atoms with Gasteiger partial charge in [0.2, 0.25) is 0 Å². The normalized spacial score (nSPS) is 10.8. The number of hydrogen-bond donors (Lipinski definition) is 0. The average molecular weight is 143 g/mol. The smallest absolute Gasteiger partial charge is 0.00219 e. The predicted molar refractivity (Wildman–Crippen MR) is 47.3 cm³/mol.